The number of rotatable bonds is 8. The van der Waals surface area contributed by atoms with Crippen LogP contribution in [0.4, 0.5) is 0 Å². The van der Waals surface area contributed by atoms with Gasteiger partial charge >= 0.3 is 0 Å². The van der Waals surface area contributed by atoms with Crippen LogP contribution >= 0.6 is 0 Å². The minimum Gasteiger partial charge on any atom is -0.354 e. The lowest BCUT2D eigenvalue weighted by molar-refractivity contribution is -0.124. The van der Waals surface area contributed by atoms with Gasteiger partial charge in [-0.2, -0.15) is 5.10 Å². The molecule has 0 saturated carbocycles. The Bertz CT molecular complexity index is 1140. The van der Waals surface area contributed by atoms with Crippen molar-refractivity contribution in [2.45, 2.75) is 32.7 Å². The first-order chi connectivity index (χ1) is 15.5. The molecule has 1 saturated heterocycles. The van der Waals surface area contributed by atoms with Gasteiger partial charge in [0.05, 0.1) is 11.7 Å². The highest BCUT2D eigenvalue weighted by Gasteiger charge is 2.25. The molecule has 2 aromatic heterocycles. The number of hydrogen-bond acceptors (Lipinski definition) is 5. The Labute approximate surface area is 188 Å². The molecule has 3 aromatic rings. The first kappa shape index (κ1) is 22.5. The van der Waals surface area contributed by atoms with E-state index in [0.29, 0.717) is 18.5 Å². The molecule has 0 bridgehead atoms. The normalized spacial score (nSPS) is 16.6. The Morgan fingerprint density at radius 2 is 1.81 bits per heavy atom. The Balaban J connectivity index is 1.49. The Morgan fingerprint density at radius 1 is 1.09 bits per heavy atom. The molecule has 8 nitrogen and oxygen atoms in total. The lowest BCUT2D eigenvalue weighted by Gasteiger charge is -2.34. The van der Waals surface area contributed by atoms with E-state index in [9.17, 15) is 9.59 Å². The van der Waals surface area contributed by atoms with E-state index in [2.05, 4.69) is 27.1 Å². The first-order valence-corrected chi connectivity index (χ1v) is 11.7. The van der Waals surface area contributed by atoms with E-state index in [1.54, 1.807) is 13.2 Å². The summed E-state index contributed by atoms with van der Waals surface area (Å²) < 4.78 is 3.24. The second-order valence-electron chi connectivity index (χ2n) is 8.57. The van der Waals surface area contributed by atoms with Gasteiger partial charge in [0.1, 0.15) is 11.6 Å². The molecule has 0 spiro atoms. The molecule has 1 amide bonds. The number of para-hydroxylation sites is 1. The molecule has 1 N–H and O–H groups in total. The van der Waals surface area contributed by atoms with Crippen molar-refractivity contribution in [2.75, 3.05) is 45.8 Å². The summed E-state index contributed by atoms with van der Waals surface area (Å²) in [6, 6.07) is 7.41. The molecule has 32 heavy (non-hydrogen) atoms. The van der Waals surface area contributed by atoms with Gasteiger partial charge in [0.15, 0.2) is 0 Å². The predicted octanol–water partition coefficient (Wildman–Crippen LogP) is 1.98. The summed E-state index contributed by atoms with van der Waals surface area (Å²) in [7, 11) is 1.64. The number of aromatic nitrogens is 3. The lowest BCUT2D eigenvalue weighted by atomic mass is 10.2. The van der Waals surface area contributed by atoms with Crippen LogP contribution in [-0.4, -0.2) is 75.9 Å². The predicted molar refractivity (Wildman–Crippen MR) is 128 cm³/mol. The number of nitrogens with zero attached hydrogens (tertiary/aromatic N) is 5. The van der Waals surface area contributed by atoms with Crippen LogP contribution in [0.25, 0.3) is 21.8 Å². The van der Waals surface area contributed by atoms with Gasteiger partial charge in [-0.15, -0.1) is 0 Å². The number of hydrogen-bond donors (Lipinski definition) is 1. The van der Waals surface area contributed by atoms with Crippen LogP contribution in [0, 0.1) is 0 Å². The van der Waals surface area contributed by atoms with E-state index < -0.39 is 6.04 Å². The molecule has 8 heteroatoms. The first-order valence-electron chi connectivity index (χ1n) is 11.7. The zero-order valence-corrected chi connectivity index (χ0v) is 19.4. The third-order valence-electron chi connectivity index (χ3n) is 6.67. The van der Waals surface area contributed by atoms with Crippen molar-refractivity contribution in [2.24, 2.45) is 7.05 Å². The monoisotopic (exact) mass is 438 g/mol. The number of carbonyl (C=O) groups is 1. The number of carbonyl (C=O) groups excluding carboxylic acids is 1. The maximum absolute atomic E-state index is 13.2. The molecule has 1 aliphatic heterocycles. The van der Waals surface area contributed by atoms with E-state index in [0.717, 1.165) is 62.0 Å². The molecule has 0 unspecified atom stereocenters. The van der Waals surface area contributed by atoms with E-state index in [-0.39, 0.29) is 11.5 Å². The van der Waals surface area contributed by atoms with Crippen molar-refractivity contribution >= 4 is 27.7 Å². The maximum Gasteiger partial charge on any atom is 0.291 e. The number of piperazine rings is 1. The van der Waals surface area contributed by atoms with Gasteiger partial charge in [0.2, 0.25) is 5.91 Å². The quantitative estimate of drug-likeness (QED) is 0.545. The molecule has 1 atom stereocenters. The van der Waals surface area contributed by atoms with Gasteiger partial charge in [0.25, 0.3) is 5.56 Å². The fourth-order valence-electron chi connectivity index (χ4n) is 4.76. The minimum atomic E-state index is -0.444. The van der Waals surface area contributed by atoms with Gasteiger partial charge in [-0.25, -0.2) is 4.68 Å². The fourth-order valence-corrected chi connectivity index (χ4v) is 4.76. The van der Waals surface area contributed by atoms with Crippen LogP contribution < -0.4 is 10.9 Å². The van der Waals surface area contributed by atoms with Crippen LogP contribution in [0.15, 0.2) is 35.3 Å². The largest absolute Gasteiger partial charge is 0.354 e. The third-order valence-corrected chi connectivity index (χ3v) is 6.67. The smallest absolute Gasteiger partial charge is 0.291 e. The molecule has 3 heterocycles. The molecule has 1 aliphatic rings. The average molecular weight is 439 g/mol. The molecule has 1 aromatic carbocycles. The Hall–Kier alpha value is -2.71. The molecular weight excluding hydrogens is 404 g/mol. The van der Waals surface area contributed by atoms with Crippen LogP contribution in [0.2, 0.25) is 0 Å². The zero-order chi connectivity index (χ0) is 22.7. The van der Waals surface area contributed by atoms with Crippen molar-refractivity contribution in [1.82, 2.24) is 29.5 Å². The van der Waals surface area contributed by atoms with E-state index in [1.807, 2.05) is 35.8 Å². The van der Waals surface area contributed by atoms with Crippen LogP contribution in [0.5, 0.6) is 0 Å². The standard InChI is InChI=1S/C24H34N6O2/c1-4-20(23(31)25-11-8-12-29-15-13-28(5-2)14-16-29)30-21-10-7-6-9-18(21)19-17-26-27(3)24(32)22(19)30/h6-7,9-10,17,20H,4-5,8,11-16H2,1-3H3,(H,25,31)/t20-/m0/s1. The van der Waals surface area contributed by atoms with Crippen LogP contribution in [0.3, 0.4) is 0 Å². The topological polar surface area (TPSA) is 75.4 Å². The molecule has 172 valence electrons. The SMILES string of the molecule is CC[C@@H](C(=O)NCCCN1CCN(CC)CC1)n1c2ccccc2c2cnn(C)c(=O)c21. The number of benzene rings is 1. The summed E-state index contributed by atoms with van der Waals surface area (Å²) in [6.07, 6.45) is 3.25. The van der Waals surface area contributed by atoms with Crippen molar-refractivity contribution in [3.05, 3.63) is 40.8 Å². The fraction of sp³-hybridized carbons (Fsp3) is 0.542. The van der Waals surface area contributed by atoms with Gasteiger partial charge in [-0.1, -0.05) is 32.0 Å². The summed E-state index contributed by atoms with van der Waals surface area (Å²) in [4.78, 5) is 31.1. The zero-order valence-electron chi connectivity index (χ0n) is 19.4. The summed E-state index contributed by atoms with van der Waals surface area (Å²) in [5, 5.41) is 9.06. The highest BCUT2D eigenvalue weighted by Crippen LogP contribution is 2.30. The minimum absolute atomic E-state index is 0.0372. The molecule has 4 rings (SSSR count). The number of likely N-dealkylation sites (N-methyl/N-ethyl adjacent to an activating group) is 1. The highest BCUT2D eigenvalue weighted by atomic mass is 16.2. The second-order valence-corrected chi connectivity index (χ2v) is 8.57. The van der Waals surface area contributed by atoms with E-state index in [1.165, 1.54) is 4.68 Å². The van der Waals surface area contributed by atoms with E-state index >= 15 is 0 Å². The van der Waals surface area contributed by atoms with Crippen LogP contribution in [0.1, 0.15) is 32.7 Å². The Morgan fingerprint density at radius 3 is 2.53 bits per heavy atom. The summed E-state index contributed by atoms with van der Waals surface area (Å²) in [6.45, 7) is 11.4. The van der Waals surface area contributed by atoms with Crippen molar-refractivity contribution in [3.63, 3.8) is 0 Å². The van der Waals surface area contributed by atoms with Crippen LogP contribution in [-0.2, 0) is 11.8 Å². The highest BCUT2D eigenvalue weighted by molar-refractivity contribution is 6.08. The van der Waals surface area contributed by atoms with Gasteiger partial charge < -0.3 is 19.7 Å². The summed E-state index contributed by atoms with van der Waals surface area (Å²) in [5.74, 6) is -0.0372. The maximum atomic E-state index is 13.2. The van der Waals surface area contributed by atoms with Gasteiger partial charge in [-0.3, -0.25) is 9.59 Å². The van der Waals surface area contributed by atoms with Crippen molar-refractivity contribution < 1.29 is 4.79 Å². The van der Waals surface area contributed by atoms with Gasteiger partial charge in [0, 0.05) is 50.5 Å². The summed E-state index contributed by atoms with van der Waals surface area (Å²) >= 11 is 0. The molecular formula is C24H34N6O2. The number of aryl methyl sites for hydroxylation is 1. The number of nitrogens with one attached hydrogen (secondary N) is 1. The lowest BCUT2D eigenvalue weighted by Crippen LogP contribution is -2.46. The van der Waals surface area contributed by atoms with Crippen molar-refractivity contribution in [3.8, 4) is 0 Å². The molecule has 0 radical (unpaired) electrons. The third kappa shape index (κ3) is 4.29. The van der Waals surface area contributed by atoms with Crippen molar-refractivity contribution in [1.29, 1.82) is 0 Å². The van der Waals surface area contributed by atoms with E-state index in [4.69, 9.17) is 0 Å². The molecule has 0 aliphatic carbocycles. The van der Waals surface area contributed by atoms with Gasteiger partial charge in [-0.05, 0) is 32.0 Å². The number of fused-ring (bicyclic) bond motifs is 3. The number of amides is 1. The second kappa shape index (κ2) is 9.83. The molecule has 1 fully saturated rings. The Kier molecular flexibility index (Phi) is 6.91. The summed E-state index contributed by atoms with van der Waals surface area (Å²) in [5.41, 5.74) is 1.25. The average Bonchev–Trinajstić information content (AvgIpc) is 3.15.